The van der Waals surface area contributed by atoms with Gasteiger partial charge in [-0.2, -0.15) is 10.2 Å². The Kier molecular flexibility index (Phi) is 7.42. The lowest BCUT2D eigenvalue weighted by Crippen LogP contribution is -2.38. The molecule has 0 bridgehead atoms. The Morgan fingerprint density at radius 2 is 1.94 bits per heavy atom. The summed E-state index contributed by atoms with van der Waals surface area (Å²) in [7, 11) is 1.70. The lowest BCUT2D eigenvalue weighted by Gasteiger charge is -2.30. The second-order valence-electron chi connectivity index (χ2n) is 8.32. The summed E-state index contributed by atoms with van der Waals surface area (Å²) in [6.45, 7) is 14.0. The van der Waals surface area contributed by atoms with Gasteiger partial charge in [-0.3, -0.25) is 10.00 Å². The van der Waals surface area contributed by atoms with E-state index >= 15 is 0 Å². The van der Waals surface area contributed by atoms with Crippen molar-refractivity contribution in [3.63, 3.8) is 0 Å². The molecular weight excluding hydrogens is 402 g/mol. The molecule has 1 aromatic heterocycles. The number of benzene rings is 2. The molecule has 2 aromatic carbocycles. The standard InChI is InChI=1S/C23H25N3S.C2H6N2/c1-16(2)27-21-7-6-18-14-26(15-20(18)12-21)23(3,4)10-9-17-5-8-22-19(11-17)13-24-25-22;1-3-4-2/h5-8,11-13,16H,14-15H2,1-4H3,(H,24,25);4H,1H2,2H3. The first-order valence-corrected chi connectivity index (χ1v) is 11.3. The third-order valence-electron chi connectivity index (χ3n) is 5.17. The van der Waals surface area contributed by atoms with Crippen molar-refractivity contribution >= 4 is 29.4 Å². The quantitative estimate of drug-likeness (QED) is 0.262. The zero-order chi connectivity index (χ0) is 22.4. The van der Waals surface area contributed by atoms with Crippen molar-refractivity contribution in [1.82, 2.24) is 20.5 Å². The average Bonchev–Trinajstić information content (AvgIpc) is 3.38. The molecular formula is C25H31N5S. The minimum atomic E-state index is -0.185. The van der Waals surface area contributed by atoms with Crippen molar-refractivity contribution < 1.29 is 0 Å². The van der Waals surface area contributed by atoms with E-state index in [0.29, 0.717) is 5.25 Å². The number of hydrogen-bond donors (Lipinski definition) is 2. The monoisotopic (exact) mass is 433 g/mol. The van der Waals surface area contributed by atoms with E-state index in [4.69, 9.17) is 0 Å². The number of fused-ring (bicyclic) bond motifs is 2. The Morgan fingerprint density at radius 1 is 1.19 bits per heavy atom. The summed E-state index contributed by atoms with van der Waals surface area (Å²) in [4.78, 5) is 3.83. The van der Waals surface area contributed by atoms with E-state index in [-0.39, 0.29) is 5.54 Å². The van der Waals surface area contributed by atoms with E-state index < -0.39 is 0 Å². The van der Waals surface area contributed by atoms with Crippen LogP contribution in [0, 0.1) is 11.8 Å². The predicted molar refractivity (Wildman–Crippen MR) is 132 cm³/mol. The minimum Gasteiger partial charge on any atom is -0.314 e. The molecule has 0 aliphatic carbocycles. The van der Waals surface area contributed by atoms with Crippen molar-refractivity contribution in [2.45, 2.75) is 56.5 Å². The number of nitrogens with one attached hydrogen (secondary N) is 2. The molecule has 0 fully saturated rings. The smallest absolute Gasteiger partial charge is 0.0778 e. The summed E-state index contributed by atoms with van der Waals surface area (Å²) in [5.41, 5.74) is 7.21. The van der Waals surface area contributed by atoms with Gasteiger partial charge in [0.2, 0.25) is 0 Å². The maximum absolute atomic E-state index is 4.08. The van der Waals surface area contributed by atoms with Crippen LogP contribution in [0.3, 0.4) is 0 Å². The molecule has 0 spiro atoms. The molecule has 0 atom stereocenters. The summed E-state index contributed by atoms with van der Waals surface area (Å²) in [5, 5.41) is 12.0. The van der Waals surface area contributed by atoms with Crippen LogP contribution in [0.1, 0.15) is 44.4 Å². The molecule has 0 saturated carbocycles. The molecule has 0 amide bonds. The van der Waals surface area contributed by atoms with Gasteiger partial charge in [-0.1, -0.05) is 31.8 Å². The number of nitrogens with zero attached hydrogens (tertiary/aromatic N) is 3. The highest BCUT2D eigenvalue weighted by Crippen LogP contribution is 2.33. The first-order valence-electron chi connectivity index (χ1n) is 10.4. The van der Waals surface area contributed by atoms with E-state index in [1.54, 1.807) is 7.05 Å². The summed E-state index contributed by atoms with van der Waals surface area (Å²) in [6.07, 6.45) is 1.84. The van der Waals surface area contributed by atoms with Crippen molar-refractivity contribution in [3.8, 4) is 11.8 Å². The summed E-state index contributed by atoms with van der Waals surface area (Å²) < 4.78 is 0. The number of rotatable bonds is 4. The fraction of sp³-hybridized carbons (Fsp3) is 0.360. The Hall–Kier alpha value is -2.75. The highest BCUT2D eigenvalue weighted by atomic mass is 32.2. The summed E-state index contributed by atoms with van der Waals surface area (Å²) >= 11 is 1.93. The largest absolute Gasteiger partial charge is 0.314 e. The third kappa shape index (κ3) is 5.90. The average molecular weight is 434 g/mol. The molecule has 6 heteroatoms. The number of hydrazone groups is 1. The normalized spacial score (nSPS) is 13.2. The lowest BCUT2D eigenvalue weighted by molar-refractivity contribution is 0.171. The van der Waals surface area contributed by atoms with Gasteiger partial charge < -0.3 is 5.43 Å². The summed E-state index contributed by atoms with van der Waals surface area (Å²) in [6, 6.07) is 13.1. The van der Waals surface area contributed by atoms with Crippen LogP contribution < -0.4 is 5.43 Å². The van der Waals surface area contributed by atoms with Crippen molar-refractivity contribution in [3.05, 3.63) is 59.3 Å². The Labute approximate surface area is 189 Å². The van der Waals surface area contributed by atoms with Crippen LogP contribution in [0.2, 0.25) is 0 Å². The van der Waals surface area contributed by atoms with Gasteiger partial charge in [0.15, 0.2) is 0 Å². The molecule has 0 radical (unpaired) electrons. The SMILES string of the molecule is C=NNC.CC(C)Sc1ccc2c(c1)CN(C(C)(C)C#Cc1ccc3[nH]ncc3c1)C2. The predicted octanol–water partition coefficient (Wildman–Crippen LogP) is 5.03. The van der Waals surface area contributed by atoms with E-state index in [1.807, 2.05) is 24.0 Å². The van der Waals surface area contributed by atoms with Gasteiger partial charge in [0.1, 0.15) is 0 Å². The van der Waals surface area contributed by atoms with Crippen LogP contribution in [-0.2, 0) is 13.1 Å². The molecule has 0 saturated heterocycles. The first-order chi connectivity index (χ1) is 14.8. The number of hydrogen-bond acceptors (Lipinski definition) is 5. The molecule has 2 N–H and O–H groups in total. The lowest BCUT2D eigenvalue weighted by atomic mass is 10.0. The maximum atomic E-state index is 4.08. The van der Waals surface area contributed by atoms with Gasteiger partial charge in [0, 0.05) is 47.9 Å². The van der Waals surface area contributed by atoms with Crippen LogP contribution >= 0.6 is 11.8 Å². The van der Waals surface area contributed by atoms with E-state index in [2.05, 4.69) is 102 Å². The molecule has 3 aromatic rings. The van der Waals surface area contributed by atoms with E-state index in [1.165, 1.54) is 16.0 Å². The fourth-order valence-electron chi connectivity index (χ4n) is 3.44. The molecule has 4 rings (SSSR count). The van der Waals surface area contributed by atoms with Gasteiger partial charge in [-0.05, 0) is 55.3 Å². The second kappa shape index (κ2) is 10.0. The fourth-order valence-corrected chi connectivity index (χ4v) is 4.34. The zero-order valence-electron chi connectivity index (χ0n) is 19.0. The van der Waals surface area contributed by atoms with Crippen molar-refractivity contribution in [1.29, 1.82) is 0 Å². The van der Waals surface area contributed by atoms with Crippen molar-refractivity contribution in [2.75, 3.05) is 7.05 Å². The molecule has 31 heavy (non-hydrogen) atoms. The number of aromatic nitrogens is 2. The van der Waals surface area contributed by atoms with E-state index in [0.717, 1.165) is 29.6 Å². The first kappa shape index (κ1) is 22.9. The zero-order valence-corrected chi connectivity index (χ0v) is 19.8. The molecule has 2 heterocycles. The highest BCUT2D eigenvalue weighted by Gasteiger charge is 2.30. The van der Waals surface area contributed by atoms with Gasteiger partial charge >= 0.3 is 0 Å². The summed E-state index contributed by atoms with van der Waals surface area (Å²) in [5.74, 6) is 6.87. The topological polar surface area (TPSA) is 56.3 Å². The van der Waals surface area contributed by atoms with Crippen LogP contribution in [0.25, 0.3) is 10.9 Å². The highest BCUT2D eigenvalue weighted by molar-refractivity contribution is 7.99. The number of thioether (sulfide) groups is 1. The van der Waals surface area contributed by atoms with Crippen molar-refractivity contribution in [2.24, 2.45) is 5.10 Å². The number of aromatic amines is 1. The maximum Gasteiger partial charge on any atom is 0.0778 e. The number of H-pyrrole nitrogens is 1. The molecule has 162 valence electrons. The van der Waals surface area contributed by atoms with Crippen LogP contribution in [0.5, 0.6) is 0 Å². The Bertz CT molecular complexity index is 1100. The molecule has 5 nitrogen and oxygen atoms in total. The van der Waals surface area contributed by atoms with Gasteiger partial charge in [0.05, 0.1) is 17.3 Å². The van der Waals surface area contributed by atoms with Gasteiger partial charge in [-0.15, -0.1) is 11.8 Å². The minimum absolute atomic E-state index is 0.185. The molecule has 0 unspecified atom stereocenters. The van der Waals surface area contributed by atoms with E-state index in [9.17, 15) is 0 Å². The molecule has 1 aliphatic rings. The Balaban J connectivity index is 0.000000628. The second-order valence-corrected chi connectivity index (χ2v) is 9.97. The van der Waals surface area contributed by atoms with Crippen LogP contribution in [-0.4, -0.2) is 39.7 Å². The third-order valence-corrected chi connectivity index (χ3v) is 6.17. The Morgan fingerprint density at radius 3 is 2.65 bits per heavy atom. The van der Waals surface area contributed by atoms with Crippen LogP contribution in [0.4, 0.5) is 0 Å². The van der Waals surface area contributed by atoms with Crippen LogP contribution in [0.15, 0.2) is 52.6 Å². The van der Waals surface area contributed by atoms with Gasteiger partial charge in [-0.25, -0.2) is 0 Å². The van der Waals surface area contributed by atoms with Gasteiger partial charge in [0.25, 0.3) is 0 Å². The molecule has 1 aliphatic heterocycles.